The second kappa shape index (κ2) is 12.8. The number of benzene rings is 3. The van der Waals surface area contributed by atoms with Crippen LogP contribution in [0.15, 0.2) is 59.0 Å². The van der Waals surface area contributed by atoms with E-state index in [0.717, 1.165) is 16.5 Å². The van der Waals surface area contributed by atoms with E-state index in [1.165, 1.54) is 7.11 Å². The molecule has 11 nitrogen and oxygen atoms in total. The van der Waals surface area contributed by atoms with Gasteiger partial charge >= 0.3 is 5.97 Å². The zero-order valence-corrected chi connectivity index (χ0v) is 32.1. The van der Waals surface area contributed by atoms with Gasteiger partial charge in [0.15, 0.2) is 5.76 Å². The molecule has 13 heteroatoms. The monoisotopic (exact) mass is 740 g/mol. The van der Waals surface area contributed by atoms with Crippen molar-refractivity contribution in [2.45, 2.75) is 51.7 Å². The lowest BCUT2D eigenvalue weighted by molar-refractivity contribution is 0.0602. The molecule has 4 heterocycles. The van der Waals surface area contributed by atoms with Gasteiger partial charge in [0.05, 0.1) is 31.0 Å². The molecule has 0 saturated heterocycles. The molecule has 3 aromatic carbocycles. The average Bonchev–Trinajstić information content (AvgIpc) is 3.88. The number of esters is 1. The number of alkyl halides is 1. The standard InChI is InChI=1S/C39H41ClN4O7Si/c1-20-32(38(47)49-6)34-33-23(18-40)19-44(28(33)17-30(35(34)41-20)51-52(7,8)39(2,3)4)37(46)31-16-22-13-24(9-12-29(22)50-31)42-36(45)27-15-21-14-25(48-5)10-11-26(21)43-27/h9-17,23,41,43H,18-19H2,1-8H3,(H,42,45)/t23-/m1/s1. The minimum absolute atomic E-state index is 0.115. The lowest BCUT2D eigenvalue weighted by Crippen LogP contribution is -2.44. The van der Waals surface area contributed by atoms with Crippen LogP contribution in [-0.2, 0) is 4.74 Å². The van der Waals surface area contributed by atoms with E-state index in [-0.39, 0.29) is 41.0 Å². The average molecular weight is 741 g/mol. The molecule has 1 aliphatic rings. The number of nitrogens with one attached hydrogen (secondary N) is 3. The maximum atomic E-state index is 14.4. The van der Waals surface area contributed by atoms with E-state index in [0.29, 0.717) is 61.7 Å². The lowest BCUT2D eigenvalue weighted by atomic mass is 9.95. The number of hydrogen-bond donors (Lipinski definition) is 3. The summed E-state index contributed by atoms with van der Waals surface area (Å²) < 4.78 is 23.5. The number of aromatic nitrogens is 2. The summed E-state index contributed by atoms with van der Waals surface area (Å²) in [5.41, 5.74) is 5.32. The number of nitrogens with zero attached hydrogens (tertiary/aromatic N) is 1. The smallest absolute Gasteiger partial charge is 0.340 e. The first-order chi connectivity index (χ1) is 24.6. The third kappa shape index (κ3) is 5.89. The molecule has 0 fully saturated rings. The van der Waals surface area contributed by atoms with E-state index in [9.17, 15) is 14.4 Å². The number of hydrogen-bond acceptors (Lipinski definition) is 7. The summed E-state index contributed by atoms with van der Waals surface area (Å²) in [7, 11) is 0.573. The fourth-order valence-corrected chi connectivity index (χ4v) is 7.90. The number of halogens is 1. The predicted molar refractivity (Wildman–Crippen MR) is 206 cm³/mol. The molecule has 0 bridgehead atoms. The molecule has 0 radical (unpaired) electrons. The van der Waals surface area contributed by atoms with Gasteiger partial charge in [0.2, 0.25) is 0 Å². The highest BCUT2D eigenvalue weighted by molar-refractivity contribution is 6.74. The van der Waals surface area contributed by atoms with E-state index in [4.69, 9.17) is 29.9 Å². The van der Waals surface area contributed by atoms with Gasteiger partial charge in [-0.25, -0.2) is 4.79 Å². The molecule has 1 aliphatic heterocycles. The normalized spacial score (nSPS) is 14.6. The van der Waals surface area contributed by atoms with Crippen LogP contribution in [0.3, 0.4) is 0 Å². The van der Waals surface area contributed by atoms with E-state index < -0.39 is 14.3 Å². The Balaban J connectivity index is 1.25. The first-order valence-corrected chi connectivity index (χ1v) is 20.4. The Hall–Kier alpha value is -5.20. The van der Waals surface area contributed by atoms with Crippen LogP contribution >= 0.6 is 11.6 Å². The molecular weight excluding hydrogens is 700 g/mol. The lowest BCUT2D eigenvalue weighted by Gasteiger charge is -2.36. The fraction of sp³-hybridized carbons (Fsp3) is 0.308. The third-order valence-electron chi connectivity index (χ3n) is 10.4. The van der Waals surface area contributed by atoms with Crippen molar-refractivity contribution in [2.24, 2.45) is 0 Å². The van der Waals surface area contributed by atoms with Crippen molar-refractivity contribution in [2.75, 3.05) is 36.9 Å². The summed E-state index contributed by atoms with van der Waals surface area (Å²) >= 11 is 6.58. The van der Waals surface area contributed by atoms with Gasteiger partial charge < -0.3 is 38.5 Å². The van der Waals surface area contributed by atoms with Gasteiger partial charge in [0.1, 0.15) is 22.8 Å². The second-order valence-corrected chi connectivity index (χ2v) is 19.8. The highest BCUT2D eigenvalue weighted by Gasteiger charge is 2.42. The number of ether oxygens (including phenoxy) is 2. The number of carbonyl (C=O) groups is 3. The number of methoxy groups -OCH3 is 2. The van der Waals surface area contributed by atoms with Crippen molar-refractivity contribution < 1.29 is 32.7 Å². The number of anilines is 2. The van der Waals surface area contributed by atoms with Crippen LogP contribution in [0.1, 0.15) is 69.3 Å². The molecule has 52 heavy (non-hydrogen) atoms. The Morgan fingerprint density at radius 2 is 1.79 bits per heavy atom. The second-order valence-electron chi connectivity index (χ2n) is 14.8. The Morgan fingerprint density at radius 1 is 1.02 bits per heavy atom. The molecule has 0 aliphatic carbocycles. The maximum absolute atomic E-state index is 14.4. The number of fused-ring (bicyclic) bond motifs is 5. The summed E-state index contributed by atoms with van der Waals surface area (Å²) in [6.07, 6.45) is 0. The van der Waals surface area contributed by atoms with Gasteiger partial charge in [-0.05, 0) is 79.2 Å². The van der Waals surface area contributed by atoms with Crippen LogP contribution in [-0.4, -0.2) is 62.7 Å². The Morgan fingerprint density at radius 3 is 2.48 bits per heavy atom. The topological polar surface area (TPSA) is 139 Å². The highest BCUT2D eigenvalue weighted by atomic mass is 35.5. The van der Waals surface area contributed by atoms with E-state index in [2.05, 4.69) is 49.1 Å². The van der Waals surface area contributed by atoms with E-state index in [1.807, 2.05) is 31.2 Å². The summed E-state index contributed by atoms with van der Waals surface area (Å²) in [6, 6.07) is 16.1. The molecule has 0 unspecified atom stereocenters. The molecule has 0 saturated carbocycles. The number of aryl methyl sites for hydroxylation is 1. The van der Waals surface area contributed by atoms with Crippen LogP contribution in [0.25, 0.3) is 32.8 Å². The Kier molecular flexibility index (Phi) is 8.65. The number of aromatic amines is 2. The van der Waals surface area contributed by atoms with Crippen molar-refractivity contribution in [1.29, 1.82) is 0 Å². The minimum Gasteiger partial charge on any atom is -0.542 e. The van der Waals surface area contributed by atoms with Gasteiger partial charge in [0, 0.05) is 57.5 Å². The molecule has 1 atom stereocenters. The number of furan rings is 1. The van der Waals surface area contributed by atoms with Crippen LogP contribution in [0.2, 0.25) is 18.1 Å². The summed E-state index contributed by atoms with van der Waals surface area (Å²) in [6.45, 7) is 12.9. The fourth-order valence-electron chi connectivity index (χ4n) is 6.63. The molecule has 0 spiro atoms. The van der Waals surface area contributed by atoms with Crippen molar-refractivity contribution in [3.63, 3.8) is 0 Å². The Bertz CT molecular complexity index is 2420. The van der Waals surface area contributed by atoms with Gasteiger partial charge in [-0.3, -0.25) is 9.59 Å². The number of H-pyrrole nitrogens is 2. The van der Waals surface area contributed by atoms with Gasteiger partial charge in [0.25, 0.3) is 20.1 Å². The molecule has 3 aromatic heterocycles. The minimum atomic E-state index is -2.37. The summed E-state index contributed by atoms with van der Waals surface area (Å²) in [4.78, 5) is 48.9. The van der Waals surface area contributed by atoms with Gasteiger partial charge in [-0.1, -0.05) is 20.8 Å². The first-order valence-electron chi connectivity index (χ1n) is 17.0. The largest absolute Gasteiger partial charge is 0.542 e. The van der Waals surface area contributed by atoms with Crippen LogP contribution in [0, 0.1) is 6.92 Å². The highest BCUT2D eigenvalue weighted by Crippen LogP contribution is 2.49. The SMILES string of the molecule is COC(=O)c1c(C)[nH]c2c(O[Si](C)(C)C(C)(C)C)cc3c(c12)[C@H](CCl)CN3C(=O)c1cc2cc(NC(=O)c3cc4cc(OC)ccc4[nH]3)ccc2o1. The van der Waals surface area contributed by atoms with Crippen LogP contribution in [0.4, 0.5) is 11.4 Å². The molecule has 270 valence electrons. The number of amides is 2. The van der Waals surface area contributed by atoms with Crippen molar-refractivity contribution >= 4 is 81.9 Å². The summed E-state index contributed by atoms with van der Waals surface area (Å²) in [5, 5.41) is 4.96. The first kappa shape index (κ1) is 35.2. The Labute approximate surface area is 306 Å². The summed E-state index contributed by atoms with van der Waals surface area (Å²) in [5.74, 6) is 0.145. The van der Waals surface area contributed by atoms with Gasteiger partial charge in [-0.2, -0.15) is 0 Å². The van der Waals surface area contributed by atoms with Crippen molar-refractivity contribution in [1.82, 2.24) is 9.97 Å². The quantitative estimate of drug-likeness (QED) is 0.0804. The van der Waals surface area contributed by atoms with Crippen molar-refractivity contribution in [3.8, 4) is 11.5 Å². The molecule has 6 aromatic rings. The van der Waals surface area contributed by atoms with E-state index >= 15 is 0 Å². The van der Waals surface area contributed by atoms with Crippen molar-refractivity contribution in [3.05, 3.63) is 82.9 Å². The molecular formula is C39H41ClN4O7Si. The predicted octanol–water partition coefficient (Wildman–Crippen LogP) is 9.12. The molecule has 7 rings (SSSR count). The third-order valence-corrected chi connectivity index (χ3v) is 15.1. The van der Waals surface area contributed by atoms with Crippen LogP contribution < -0.4 is 19.4 Å². The van der Waals surface area contributed by atoms with Crippen LogP contribution in [0.5, 0.6) is 11.5 Å². The van der Waals surface area contributed by atoms with E-state index in [1.54, 1.807) is 42.3 Å². The molecule has 2 amide bonds. The number of rotatable bonds is 8. The zero-order chi connectivity index (χ0) is 37.3. The number of carbonyl (C=O) groups excluding carboxylic acids is 3. The zero-order valence-electron chi connectivity index (χ0n) is 30.4. The van der Waals surface area contributed by atoms with Gasteiger partial charge in [-0.15, -0.1) is 11.6 Å². The maximum Gasteiger partial charge on any atom is 0.340 e. The molecule has 3 N–H and O–H groups in total.